The summed E-state index contributed by atoms with van der Waals surface area (Å²) in [5, 5.41) is 14.5. The lowest BCUT2D eigenvalue weighted by molar-refractivity contribution is 0.125. The molecule has 3 aromatic rings. The SMILES string of the molecule is Cn1cncc1[C@@H]1N[C@@](CO)(c2ccccc2)[C@@H]2CN(Cc3ccccc3)C[C@@H]21. The normalized spacial score (nSPS) is 29.2. The Balaban J connectivity index is 1.51. The number of benzene rings is 2. The lowest BCUT2D eigenvalue weighted by Gasteiger charge is -2.35. The summed E-state index contributed by atoms with van der Waals surface area (Å²) >= 11 is 0. The van der Waals surface area contributed by atoms with Crippen molar-refractivity contribution in [2.75, 3.05) is 19.7 Å². The Morgan fingerprint density at radius 2 is 1.79 bits per heavy atom. The maximum atomic E-state index is 10.7. The highest BCUT2D eigenvalue weighted by Crippen LogP contribution is 2.51. The van der Waals surface area contributed by atoms with E-state index in [0.717, 1.165) is 19.6 Å². The quantitative estimate of drug-likeness (QED) is 0.706. The fraction of sp³-hybridized carbons (Fsp3) is 0.375. The predicted molar refractivity (Wildman–Crippen MR) is 113 cm³/mol. The molecule has 0 unspecified atom stereocenters. The number of aliphatic hydroxyl groups is 1. The van der Waals surface area contributed by atoms with Crippen LogP contribution in [0.3, 0.4) is 0 Å². The zero-order chi connectivity index (χ0) is 19.8. The van der Waals surface area contributed by atoms with Crippen LogP contribution in [0, 0.1) is 11.8 Å². The average Bonchev–Trinajstić information content (AvgIpc) is 3.44. The van der Waals surface area contributed by atoms with E-state index in [1.54, 1.807) is 0 Å². The van der Waals surface area contributed by atoms with Crippen LogP contribution >= 0.6 is 0 Å². The first kappa shape index (κ1) is 18.6. The summed E-state index contributed by atoms with van der Waals surface area (Å²) in [4.78, 5) is 6.90. The topological polar surface area (TPSA) is 53.3 Å². The second-order valence-electron chi connectivity index (χ2n) is 8.50. The zero-order valence-electron chi connectivity index (χ0n) is 16.8. The monoisotopic (exact) mass is 388 g/mol. The Hall–Kier alpha value is -2.47. The minimum absolute atomic E-state index is 0.0890. The van der Waals surface area contributed by atoms with Crippen molar-refractivity contribution in [2.45, 2.75) is 18.1 Å². The van der Waals surface area contributed by atoms with Crippen LogP contribution in [0.25, 0.3) is 0 Å². The van der Waals surface area contributed by atoms with E-state index < -0.39 is 5.54 Å². The van der Waals surface area contributed by atoms with Gasteiger partial charge in [0.05, 0.1) is 30.2 Å². The molecule has 2 aliphatic heterocycles. The van der Waals surface area contributed by atoms with Crippen LogP contribution in [0.1, 0.15) is 22.9 Å². The van der Waals surface area contributed by atoms with Crippen molar-refractivity contribution >= 4 is 0 Å². The Labute approximate surface area is 172 Å². The first-order valence-corrected chi connectivity index (χ1v) is 10.4. The fourth-order valence-electron chi connectivity index (χ4n) is 5.48. The van der Waals surface area contributed by atoms with Crippen LogP contribution in [0.4, 0.5) is 0 Å². The van der Waals surface area contributed by atoms with E-state index in [-0.39, 0.29) is 12.6 Å². The largest absolute Gasteiger partial charge is 0.394 e. The van der Waals surface area contributed by atoms with Gasteiger partial charge < -0.3 is 9.67 Å². The van der Waals surface area contributed by atoms with Crippen LogP contribution in [0.5, 0.6) is 0 Å². The lowest BCUT2D eigenvalue weighted by Crippen LogP contribution is -2.48. The van der Waals surface area contributed by atoms with Crippen LogP contribution < -0.4 is 5.32 Å². The molecular weight excluding hydrogens is 360 g/mol. The van der Waals surface area contributed by atoms with Crippen LogP contribution in [0.2, 0.25) is 0 Å². The van der Waals surface area contributed by atoms with Crippen molar-refractivity contribution in [3.63, 3.8) is 0 Å². The van der Waals surface area contributed by atoms with E-state index in [0.29, 0.717) is 11.8 Å². The Morgan fingerprint density at radius 1 is 1.07 bits per heavy atom. The number of fused-ring (bicyclic) bond motifs is 1. The standard InChI is InChI=1S/C24H28N4O/c1-27-17-25-12-22(27)23-20-14-28(13-18-8-4-2-5-9-18)15-21(20)24(16-29,26-23)19-10-6-3-7-11-19/h2-12,17,20-21,23,26,29H,13-16H2,1H3/t20-,21+,23+,24-/m0/s1. The highest BCUT2D eigenvalue weighted by molar-refractivity contribution is 5.32. The molecule has 29 heavy (non-hydrogen) atoms. The van der Waals surface area contributed by atoms with Crippen molar-refractivity contribution in [3.8, 4) is 0 Å². The number of aromatic nitrogens is 2. The van der Waals surface area contributed by atoms with Crippen LogP contribution in [0.15, 0.2) is 73.2 Å². The molecule has 0 spiro atoms. The first-order valence-electron chi connectivity index (χ1n) is 10.4. The van der Waals surface area contributed by atoms with E-state index in [4.69, 9.17) is 0 Å². The zero-order valence-corrected chi connectivity index (χ0v) is 16.8. The highest BCUT2D eigenvalue weighted by Gasteiger charge is 2.57. The summed E-state index contributed by atoms with van der Waals surface area (Å²) in [5.41, 5.74) is 3.26. The third kappa shape index (κ3) is 3.10. The molecule has 5 nitrogen and oxygen atoms in total. The van der Waals surface area contributed by atoms with Crippen molar-refractivity contribution < 1.29 is 5.11 Å². The van der Waals surface area contributed by atoms with Gasteiger partial charge in [-0.3, -0.25) is 10.2 Å². The summed E-state index contributed by atoms with van der Waals surface area (Å²) < 4.78 is 2.10. The van der Waals surface area contributed by atoms with Gasteiger partial charge in [-0.15, -0.1) is 0 Å². The van der Waals surface area contributed by atoms with Gasteiger partial charge in [0.1, 0.15) is 0 Å². The van der Waals surface area contributed by atoms with Crippen molar-refractivity contribution in [1.29, 1.82) is 0 Å². The lowest BCUT2D eigenvalue weighted by atomic mass is 9.77. The predicted octanol–water partition coefficient (Wildman–Crippen LogP) is 2.70. The summed E-state index contributed by atoms with van der Waals surface area (Å²) in [6.07, 6.45) is 3.83. The molecular formula is C24H28N4O. The minimum atomic E-state index is -0.438. The molecule has 2 fully saturated rings. The molecule has 4 atom stereocenters. The fourth-order valence-corrected chi connectivity index (χ4v) is 5.48. The summed E-state index contributed by atoms with van der Waals surface area (Å²) in [6.45, 7) is 3.02. The minimum Gasteiger partial charge on any atom is -0.394 e. The first-order chi connectivity index (χ1) is 14.2. The van der Waals surface area contributed by atoms with Gasteiger partial charge in [0, 0.05) is 38.8 Å². The maximum Gasteiger partial charge on any atom is 0.0946 e. The van der Waals surface area contributed by atoms with Gasteiger partial charge in [-0.2, -0.15) is 0 Å². The molecule has 5 heteroatoms. The van der Waals surface area contributed by atoms with E-state index in [1.807, 2.05) is 18.6 Å². The number of aryl methyl sites for hydroxylation is 1. The second kappa shape index (κ2) is 7.41. The van der Waals surface area contributed by atoms with E-state index >= 15 is 0 Å². The summed E-state index contributed by atoms with van der Waals surface area (Å²) in [5.74, 6) is 0.750. The molecule has 0 radical (unpaired) electrons. The number of nitrogens with one attached hydrogen (secondary N) is 1. The number of aliphatic hydroxyl groups excluding tert-OH is 1. The number of nitrogens with zero attached hydrogens (tertiary/aromatic N) is 3. The number of hydrogen-bond acceptors (Lipinski definition) is 4. The van der Waals surface area contributed by atoms with E-state index in [1.165, 1.54) is 16.8 Å². The highest BCUT2D eigenvalue weighted by atomic mass is 16.3. The molecule has 0 bridgehead atoms. The number of likely N-dealkylation sites (tertiary alicyclic amines) is 1. The Kier molecular flexibility index (Phi) is 4.74. The summed E-state index contributed by atoms with van der Waals surface area (Å²) in [7, 11) is 2.05. The molecule has 1 aromatic heterocycles. The maximum absolute atomic E-state index is 10.7. The van der Waals surface area contributed by atoms with Gasteiger partial charge in [0.2, 0.25) is 0 Å². The average molecular weight is 389 g/mol. The molecule has 0 amide bonds. The molecule has 0 saturated carbocycles. The third-order valence-electron chi connectivity index (χ3n) is 6.87. The van der Waals surface area contributed by atoms with Crippen LogP contribution in [-0.2, 0) is 19.1 Å². The Bertz CT molecular complexity index is 957. The van der Waals surface area contributed by atoms with Gasteiger partial charge >= 0.3 is 0 Å². The van der Waals surface area contributed by atoms with Crippen molar-refractivity contribution in [1.82, 2.24) is 19.8 Å². The molecule has 2 aromatic carbocycles. The molecule has 2 saturated heterocycles. The van der Waals surface area contributed by atoms with Gasteiger partial charge in [-0.1, -0.05) is 60.7 Å². The van der Waals surface area contributed by atoms with Crippen LogP contribution in [-0.4, -0.2) is 39.3 Å². The molecule has 5 rings (SSSR count). The summed E-state index contributed by atoms with van der Waals surface area (Å²) in [6, 6.07) is 21.3. The number of imidazole rings is 1. The molecule has 2 aliphatic rings. The third-order valence-corrected chi connectivity index (χ3v) is 6.87. The number of hydrogen-bond donors (Lipinski definition) is 2. The van der Waals surface area contributed by atoms with Crippen molar-refractivity contribution in [3.05, 3.63) is 90.0 Å². The number of rotatable bonds is 5. The molecule has 3 heterocycles. The molecule has 150 valence electrons. The second-order valence-corrected chi connectivity index (χ2v) is 8.50. The van der Waals surface area contributed by atoms with Gasteiger partial charge in [0.15, 0.2) is 0 Å². The Morgan fingerprint density at radius 3 is 2.45 bits per heavy atom. The van der Waals surface area contributed by atoms with Gasteiger partial charge in [-0.05, 0) is 17.0 Å². The van der Waals surface area contributed by atoms with Crippen molar-refractivity contribution in [2.24, 2.45) is 18.9 Å². The van der Waals surface area contributed by atoms with Gasteiger partial charge in [0.25, 0.3) is 0 Å². The molecule has 2 N–H and O–H groups in total. The van der Waals surface area contributed by atoms with E-state index in [2.05, 4.69) is 81.4 Å². The van der Waals surface area contributed by atoms with Gasteiger partial charge in [-0.25, -0.2) is 4.98 Å². The van der Waals surface area contributed by atoms with E-state index in [9.17, 15) is 5.11 Å². The molecule has 0 aliphatic carbocycles. The smallest absolute Gasteiger partial charge is 0.0946 e.